The lowest BCUT2D eigenvalue weighted by molar-refractivity contribution is 0.00395. The lowest BCUT2D eigenvalue weighted by Gasteiger charge is -2.38. The average molecular weight is 323 g/mol. The average Bonchev–Trinajstić information content (AvgIpc) is 2.97. The van der Waals surface area contributed by atoms with Crippen LogP contribution < -0.4 is 10.6 Å². The van der Waals surface area contributed by atoms with Gasteiger partial charge in [0.1, 0.15) is 0 Å². The molecule has 130 valence electrons. The molecule has 4 N–H and O–H groups in total. The van der Waals surface area contributed by atoms with Crippen molar-refractivity contribution in [2.75, 3.05) is 20.1 Å². The Kier molecular flexibility index (Phi) is 6.01. The van der Waals surface area contributed by atoms with E-state index in [2.05, 4.69) is 27.6 Å². The molecule has 1 saturated carbocycles. The molecule has 0 saturated heterocycles. The van der Waals surface area contributed by atoms with Gasteiger partial charge in [-0.2, -0.15) is 5.10 Å². The molecule has 1 aromatic rings. The topological polar surface area (TPSA) is 94.7 Å². The Morgan fingerprint density at radius 3 is 2.91 bits per heavy atom. The third-order valence-electron chi connectivity index (χ3n) is 4.74. The SMILES string of the molecule is CN=C(NCC(O)c1cnn(C)c1)NCC1(C)CCCCC1O. The van der Waals surface area contributed by atoms with Crippen molar-refractivity contribution >= 4 is 5.96 Å². The van der Waals surface area contributed by atoms with Gasteiger partial charge in [0.05, 0.1) is 18.4 Å². The Bertz CT molecular complexity index is 530. The van der Waals surface area contributed by atoms with Crippen molar-refractivity contribution in [1.29, 1.82) is 0 Å². The first-order valence-electron chi connectivity index (χ1n) is 8.24. The van der Waals surface area contributed by atoms with Crippen LogP contribution in [0.2, 0.25) is 0 Å². The van der Waals surface area contributed by atoms with E-state index in [-0.39, 0.29) is 11.5 Å². The van der Waals surface area contributed by atoms with Gasteiger partial charge in [-0.25, -0.2) is 0 Å². The molecule has 0 spiro atoms. The number of hydrogen-bond donors (Lipinski definition) is 4. The predicted molar refractivity (Wildman–Crippen MR) is 90.1 cm³/mol. The van der Waals surface area contributed by atoms with Crippen LogP contribution in [0.15, 0.2) is 17.4 Å². The van der Waals surface area contributed by atoms with Crippen LogP contribution >= 0.6 is 0 Å². The van der Waals surface area contributed by atoms with Crippen molar-refractivity contribution in [3.05, 3.63) is 18.0 Å². The van der Waals surface area contributed by atoms with E-state index in [1.165, 1.54) is 0 Å². The second-order valence-electron chi connectivity index (χ2n) is 6.69. The number of hydrogen-bond acceptors (Lipinski definition) is 4. The molecule has 0 aliphatic heterocycles. The Morgan fingerprint density at radius 2 is 2.30 bits per heavy atom. The minimum Gasteiger partial charge on any atom is -0.392 e. The minimum atomic E-state index is -0.641. The Balaban J connectivity index is 1.81. The van der Waals surface area contributed by atoms with Gasteiger partial charge in [-0.3, -0.25) is 9.67 Å². The maximum atomic E-state index is 10.2. The van der Waals surface area contributed by atoms with Gasteiger partial charge >= 0.3 is 0 Å². The Morgan fingerprint density at radius 1 is 1.52 bits per heavy atom. The van der Waals surface area contributed by atoms with E-state index in [0.29, 0.717) is 19.0 Å². The van der Waals surface area contributed by atoms with Crippen LogP contribution in [-0.4, -0.2) is 52.2 Å². The van der Waals surface area contributed by atoms with E-state index < -0.39 is 6.10 Å². The molecule has 1 aliphatic carbocycles. The molecule has 3 unspecified atom stereocenters. The number of aryl methyl sites for hydroxylation is 1. The predicted octanol–water partition coefficient (Wildman–Crippen LogP) is 0.560. The summed E-state index contributed by atoms with van der Waals surface area (Å²) in [4.78, 5) is 4.18. The van der Waals surface area contributed by atoms with Crippen molar-refractivity contribution in [2.45, 2.75) is 44.8 Å². The number of nitrogens with zero attached hydrogens (tertiary/aromatic N) is 3. The zero-order chi connectivity index (χ0) is 16.9. The van der Waals surface area contributed by atoms with E-state index in [1.807, 2.05) is 7.05 Å². The maximum Gasteiger partial charge on any atom is 0.191 e. The molecule has 2 rings (SSSR count). The molecule has 0 aromatic carbocycles. The molecule has 1 fully saturated rings. The van der Waals surface area contributed by atoms with E-state index in [4.69, 9.17) is 0 Å². The van der Waals surface area contributed by atoms with Crippen molar-refractivity contribution < 1.29 is 10.2 Å². The molecule has 7 nitrogen and oxygen atoms in total. The first-order valence-corrected chi connectivity index (χ1v) is 8.24. The highest BCUT2D eigenvalue weighted by atomic mass is 16.3. The normalized spacial score (nSPS) is 26.8. The van der Waals surface area contributed by atoms with Crippen LogP contribution in [0.3, 0.4) is 0 Å². The van der Waals surface area contributed by atoms with Gasteiger partial charge in [0, 0.05) is 44.4 Å². The molecular weight excluding hydrogens is 294 g/mol. The quantitative estimate of drug-likeness (QED) is 0.469. The summed E-state index contributed by atoms with van der Waals surface area (Å²) in [5.41, 5.74) is 0.641. The number of aliphatic hydroxyl groups excluding tert-OH is 2. The van der Waals surface area contributed by atoms with E-state index in [0.717, 1.165) is 31.2 Å². The second-order valence-corrected chi connectivity index (χ2v) is 6.69. The lowest BCUT2D eigenvalue weighted by atomic mass is 9.73. The fourth-order valence-electron chi connectivity index (χ4n) is 3.02. The Hall–Kier alpha value is -1.60. The van der Waals surface area contributed by atoms with Crippen LogP contribution in [0.4, 0.5) is 0 Å². The molecule has 1 aliphatic rings. The van der Waals surface area contributed by atoms with Gasteiger partial charge in [-0.1, -0.05) is 19.8 Å². The van der Waals surface area contributed by atoms with E-state index in [9.17, 15) is 10.2 Å². The molecule has 3 atom stereocenters. The Labute approximate surface area is 137 Å². The lowest BCUT2D eigenvalue weighted by Crippen LogP contribution is -2.48. The molecule has 0 bridgehead atoms. The molecule has 1 aromatic heterocycles. The van der Waals surface area contributed by atoms with E-state index in [1.54, 1.807) is 24.1 Å². The molecule has 1 heterocycles. The largest absolute Gasteiger partial charge is 0.392 e. The maximum absolute atomic E-state index is 10.2. The monoisotopic (exact) mass is 323 g/mol. The fraction of sp³-hybridized carbons (Fsp3) is 0.750. The second kappa shape index (κ2) is 7.79. The summed E-state index contributed by atoms with van der Waals surface area (Å²) >= 11 is 0. The molecule has 0 radical (unpaired) electrons. The molecular formula is C16H29N5O2. The number of nitrogens with one attached hydrogen (secondary N) is 2. The summed E-state index contributed by atoms with van der Waals surface area (Å²) in [6.07, 6.45) is 6.66. The zero-order valence-corrected chi connectivity index (χ0v) is 14.3. The summed E-state index contributed by atoms with van der Waals surface area (Å²) in [6, 6.07) is 0. The van der Waals surface area contributed by atoms with Crippen molar-refractivity contribution in [3.63, 3.8) is 0 Å². The first kappa shape index (κ1) is 17.7. The molecule has 7 heteroatoms. The summed E-state index contributed by atoms with van der Waals surface area (Å²) < 4.78 is 1.66. The number of aromatic nitrogens is 2. The van der Waals surface area contributed by atoms with Crippen molar-refractivity contribution in [1.82, 2.24) is 20.4 Å². The number of rotatable bonds is 5. The third-order valence-corrected chi connectivity index (χ3v) is 4.74. The highest BCUT2D eigenvalue weighted by Gasteiger charge is 2.35. The number of aliphatic hydroxyl groups is 2. The standard InChI is InChI=1S/C16H29N5O2/c1-16(7-5-4-6-14(16)23)11-19-15(17-2)18-9-13(22)12-8-20-21(3)10-12/h8,10,13-14,22-23H,4-7,9,11H2,1-3H3,(H2,17,18,19). The van der Waals surface area contributed by atoms with E-state index >= 15 is 0 Å². The van der Waals surface area contributed by atoms with Gasteiger partial charge in [-0.15, -0.1) is 0 Å². The molecule has 0 amide bonds. The van der Waals surface area contributed by atoms with Crippen LogP contribution in [-0.2, 0) is 7.05 Å². The minimum absolute atomic E-state index is 0.127. The smallest absolute Gasteiger partial charge is 0.191 e. The van der Waals surface area contributed by atoms with Crippen LogP contribution in [0.25, 0.3) is 0 Å². The summed E-state index contributed by atoms with van der Waals surface area (Å²) in [5.74, 6) is 0.631. The highest BCUT2D eigenvalue weighted by Crippen LogP contribution is 2.35. The van der Waals surface area contributed by atoms with Gasteiger partial charge in [0.15, 0.2) is 5.96 Å². The van der Waals surface area contributed by atoms with Gasteiger partial charge in [0.2, 0.25) is 0 Å². The third kappa shape index (κ3) is 4.68. The van der Waals surface area contributed by atoms with Crippen molar-refractivity contribution in [3.8, 4) is 0 Å². The van der Waals surface area contributed by atoms with Crippen LogP contribution in [0, 0.1) is 5.41 Å². The number of guanidine groups is 1. The van der Waals surface area contributed by atoms with Crippen LogP contribution in [0.5, 0.6) is 0 Å². The van der Waals surface area contributed by atoms with Gasteiger partial charge in [0.25, 0.3) is 0 Å². The molecule has 23 heavy (non-hydrogen) atoms. The highest BCUT2D eigenvalue weighted by molar-refractivity contribution is 5.79. The zero-order valence-electron chi connectivity index (χ0n) is 14.3. The van der Waals surface area contributed by atoms with Gasteiger partial charge < -0.3 is 20.8 Å². The first-order chi connectivity index (χ1) is 10.9. The van der Waals surface area contributed by atoms with Crippen LogP contribution in [0.1, 0.15) is 44.3 Å². The summed E-state index contributed by atoms with van der Waals surface area (Å²) in [6.45, 7) is 3.13. The van der Waals surface area contributed by atoms with Gasteiger partial charge in [-0.05, 0) is 12.8 Å². The fourth-order valence-corrected chi connectivity index (χ4v) is 3.02. The number of aliphatic imine (C=N–C) groups is 1. The summed E-state index contributed by atoms with van der Waals surface area (Å²) in [7, 11) is 3.52. The van der Waals surface area contributed by atoms with Crippen molar-refractivity contribution in [2.24, 2.45) is 17.5 Å². The summed E-state index contributed by atoms with van der Waals surface area (Å²) in [5, 5.41) is 30.8.